The molecule has 0 unspecified atom stereocenters. The Kier molecular flexibility index (Phi) is 4.82. The summed E-state index contributed by atoms with van der Waals surface area (Å²) in [6.07, 6.45) is 0.360. The number of hydrogen-bond donors (Lipinski definition) is 2. The molecule has 1 amide bonds. The average molecular weight is 233 g/mol. The lowest BCUT2D eigenvalue weighted by atomic mass is 10.2. The Morgan fingerprint density at radius 3 is 2.88 bits per heavy atom. The van der Waals surface area contributed by atoms with Gasteiger partial charge >= 0.3 is 0 Å². The topological polar surface area (TPSA) is 74.2 Å². The largest absolute Gasteiger partial charge is 0.497 e. The molecule has 0 radical (unpaired) electrons. The van der Waals surface area contributed by atoms with Crippen molar-refractivity contribution < 1.29 is 9.53 Å². The van der Waals surface area contributed by atoms with Crippen molar-refractivity contribution in [2.75, 3.05) is 26.0 Å². The molecule has 0 heterocycles. The fourth-order valence-corrected chi connectivity index (χ4v) is 1.33. The SMILES string of the molecule is CNC(=O)CCNc1cc(OC)ccc1C#N. The van der Waals surface area contributed by atoms with E-state index in [9.17, 15) is 4.79 Å². The summed E-state index contributed by atoms with van der Waals surface area (Å²) in [7, 11) is 3.16. The molecule has 1 rings (SSSR count). The molecule has 0 aliphatic heterocycles. The van der Waals surface area contributed by atoms with Crippen LogP contribution in [0.2, 0.25) is 0 Å². The Labute approximate surface area is 100 Å². The molecule has 0 saturated heterocycles. The van der Waals surface area contributed by atoms with Gasteiger partial charge in [0.25, 0.3) is 0 Å². The minimum Gasteiger partial charge on any atom is -0.497 e. The van der Waals surface area contributed by atoms with Gasteiger partial charge in [-0.15, -0.1) is 0 Å². The van der Waals surface area contributed by atoms with E-state index in [0.717, 1.165) is 0 Å². The lowest BCUT2D eigenvalue weighted by Gasteiger charge is -2.09. The number of nitriles is 1. The quantitative estimate of drug-likeness (QED) is 0.799. The van der Waals surface area contributed by atoms with E-state index in [1.807, 2.05) is 0 Å². The third-order valence-electron chi connectivity index (χ3n) is 2.29. The highest BCUT2D eigenvalue weighted by Gasteiger charge is 2.04. The van der Waals surface area contributed by atoms with E-state index in [2.05, 4.69) is 16.7 Å². The number of nitrogens with zero attached hydrogens (tertiary/aromatic N) is 1. The van der Waals surface area contributed by atoms with E-state index in [1.54, 1.807) is 32.4 Å². The fourth-order valence-electron chi connectivity index (χ4n) is 1.33. The van der Waals surface area contributed by atoms with Crippen molar-refractivity contribution in [3.05, 3.63) is 23.8 Å². The summed E-state index contributed by atoms with van der Waals surface area (Å²) < 4.78 is 5.07. The van der Waals surface area contributed by atoms with Crippen LogP contribution in [0, 0.1) is 11.3 Å². The second-order valence-electron chi connectivity index (χ2n) is 3.37. The number of carbonyl (C=O) groups is 1. The van der Waals surface area contributed by atoms with Gasteiger partial charge in [-0.05, 0) is 12.1 Å². The summed E-state index contributed by atoms with van der Waals surface area (Å²) in [4.78, 5) is 11.0. The molecular weight excluding hydrogens is 218 g/mol. The van der Waals surface area contributed by atoms with E-state index in [1.165, 1.54) is 0 Å². The van der Waals surface area contributed by atoms with Gasteiger partial charge < -0.3 is 15.4 Å². The predicted molar refractivity (Wildman–Crippen MR) is 64.9 cm³/mol. The summed E-state index contributed by atoms with van der Waals surface area (Å²) >= 11 is 0. The molecule has 90 valence electrons. The zero-order chi connectivity index (χ0) is 12.7. The summed E-state index contributed by atoms with van der Waals surface area (Å²) in [6, 6.07) is 7.23. The zero-order valence-corrected chi connectivity index (χ0v) is 9.91. The van der Waals surface area contributed by atoms with Crippen LogP contribution in [0.5, 0.6) is 5.75 Å². The van der Waals surface area contributed by atoms with Gasteiger partial charge in [-0.2, -0.15) is 5.26 Å². The normalized spacial score (nSPS) is 9.24. The fraction of sp³-hybridized carbons (Fsp3) is 0.333. The minimum absolute atomic E-state index is 0.0427. The number of nitrogens with one attached hydrogen (secondary N) is 2. The van der Waals surface area contributed by atoms with Crippen LogP contribution in [0.15, 0.2) is 18.2 Å². The van der Waals surface area contributed by atoms with Gasteiger partial charge in [-0.3, -0.25) is 4.79 Å². The molecule has 1 aromatic carbocycles. The van der Waals surface area contributed by atoms with Crippen LogP contribution in [0.4, 0.5) is 5.69 Å². The number of hydrogen-bond acceptors (Lipinski definition) is 4. The lowest BCUT2D eigenvalue weighted by Crippen LogP contribution is -2.20. The van der Waals surface area contributed by atoms with Gasteiger partial charge in [0.1, 0.15) is 11.8 Å². The van der Waals surface area contributed by atoms with Crippen LogP contribution in [-0.2, 0) is 4.79 Å². The first-order valence-electron chi connectivity index (χ1n) is 5.24. The molecule has 0 aliphatic carbocycles. The number of ether oxygens (including phenoxy) is 1. The van der Waals surface area contributed by atoms with Crippen molar-refractivity contribution in [2.24, 2.45) is 0 Å². The first-order valence-corrected chi connectivity index (χ1v) is 5.24. The van der Waals surface area contributed by atoms with Gasteiger partial charge in [0.2, 0.25) is 5.91 Å². The molecule has 17 heavy (non-hydrogen) atoms. The monoisotopic (exact) mass is 233 g/mol. The molecule has 0 spiro atoms. The summed E-state index contributed by atoms with van der Waals surface area (Å²) in [5, 5.41) is 14.5. The molecule has 0 atom stereocenters. The number of amides is 1. The van der Waals surface area contributed by atoms with Gasteiger partial charge in [0, 0.05) is 26.1 Å². The van der Waals surface area contributed by atoms with E-state index in [0.29, 0.717) is 30.0 Å². The summed E-state index contributed by atoms with van der Waals surface area (Å²) in [5.74, 6) is 0.630. The Morgan fingerprint density at radius 1 is 1.53 bits per heavy atom. The lowest BCUT2D eigenvalue weighted by molar-refractivity contribution is -0.120. The van der Waals surface area contributed by atoms with Crippen LogP contribution in [0.1, 0.15) is 12.0 Å². The van der Waals surface area contributed by atoms with Gasteiger partial charge in [0.05, 0.1) is 18.4 Å². The maximum absolute atomic E-state index is 11.0. The maximum atomic E-state index is 11.0. The van der Waals surface area contributed by atoms with Gasteiger partial charge in [-0.25, -0.2) is 0 Å². The molecular formula is C12H15N3O2. The van der Waals surface area contributed by atoms with Crippen LogP contribution in [-0.4, -0.2) is 26.6 Å². The van der Waals surface area contributed by atoms with Gasteiger partial charge in [-0.1, -0.05) is 0 Å². The summed E-state index contributed by atoms with van der Waals surface area (Å²) in [5.41, 5.74) is 1.21. The number of methoxy groups -OCH3 is 1. The zero-order valence-electron chi connectivity index (χ0n) is 9.91. The standard InChI is InChI=1S/C12H15N3O2/c1-14-12(16)5-6-15-11-7-10(17-2)4-3-9(11)8-13/h3-4,7,15H,5-6H2,1-2H3,(H,14,16). The number of benzene rings is 1. The minimum atomic E-state index is -0.0427. The first kappa shape index (κ1) is 12.8. The van der Waals surface area contributed by atoms with Crippen molar-refractivity contribution in [3.8, 4) is 11.8 Å². The average Bonchev–Trinajstić information content (AvgIpc) is 2.38. The number of carbonyl (C=O) groups excluding carboxylic acids is 1. The molecule has 0 aromatic heterocycles. The van der Waals surface area contributed by atoms with Crippen molar-refractivity contribution in [1.82, 2.24) is 5.32 Å². The highest BCUT2D eigenvalue weighted by atomic mass is 16.5. The first-order chi connectivity index (χ1) is 8.21. The van der Waals surface area contributed by atoms with Crippen molar-refractivity contribution in [1.29, 1.82) is 5.26 Å². The molecule has 1 aromatic rings. The van der Waals surface area contributed by atoms with Crippen LogP contribution in [0.25, 0.3) is 0 Å². The Balaban J connectivity index is 2.68. The summed E-state index contributed by atoms with van der Waals surface area (Å²) in [6.45, 7) is 0.474. The Bertz CT molecular complexity index is 438. The second kappa shape index (κ2) is 6.38. The smallest absolute Gasteiger partial charge is 0.221 e. The molecule has 5 nitrogen and oxygen atoms in total. The Morgan fingerprint density at radius 2 is 2.29 bits per heavy atom. The van der Waals surface area contributed by atoms with E-state index >= 15 is 0 Å². The number of rotatable bonds is 5. The third kappa shape index (κ3) is 3.68. The van der Waals surface area contributed by atoms with E-state index in [4.69, 9.17) is 10.00 Å². The molecule has 0 bridgehead atoms. The molecule has 0 fully saturated rings. The third-order valence-corrected chi connectivity index (χ3v) is 2.29. The molecule has 5 heteroatoms. The van der Waals surface area contributed by atoms with Crippen molar-refractivity contribution in [2.45, 2.75) is 6.42 Å². The molecule has 0 saturated carbocycles. The van der Waals surface area contributed by atoms with Crippen molar-refractivity contribution >= 4 is 11.6 Å². The van der Waals surface area contributed by atoms with Crippen LogP contribution >= 0.6 is 0 Å². The highest BCUT2D eigenvalue weighted by molar-refractivity contribution is 5.76. The van der Waals surface area contributed by atoms with E-state index in [-0.39, 0.29) is 5.91 Å². The molecule has 2 N–H and O–H groups in total. The van der Waals surface area contributed by atoms with Crippen LogP contribution in [0.3, 0.4) is 0 Å². The Hall–Kier alpha value is -2.22. The van der Waals surface area contributed by atoms with Crippen molar-refractivity contribution in [3.63, 3.8) is 0 Å². The molecule has 0 aliphatic rings. The second-order valence-corrected chi connectivity index (χ2v) is 3.37. The highest BCUT2D eigenvalue weighted by Crippen LogP contribution is 2.21. The predicted octanol–water partition coefficient (Wildman–Crippen LogP) is 1.11. The van der Waals surface area contributed by atoms with Gasteiger partial charge in [0.15, 0.2) is 0 Å². The maximum Gasteiger partial charge on any atom is 0.221 e. The van der Waals surface area contributed by atoms with E-state index < -0.39 is 0 Å². The van der Waals surface area contributed by atoms with Crippen LogP contribution < -0.4 is 15.4 Å². The number of anilines is 1.